The number of hydrogen-bond acceptors (Lipinski definition) is 1. The number of rotatable bonds is 7. The average Bonchev–Trinajstić information content (AvgIpc) is 2.69. The van der Waals surface area contributed by atoms with Crippen molar-refractivity contribution in [1.29, 1.82) is 0 Å². The summed E-state index contributed by atoms with van der Waals surface area (Å²) >= 11 is 0. The first-order valence-electron chi connectivity index (χ1n) is 10.5. The van der Waals surface area contributed by atoms with Gasteiger partial charge in [-0.1, -0.05) is 61.3 Å². The lowest BCUT2D eigenvalue weighted by molar-refractivity contribution is -0.142. The highest BCUT2D eigenvalue weighted by Gasteiger charge is 2.40. The Kier molecular flexibility index (Phi) is 6.74. The smallest absolute Gasteiger partial charge is 0.306 e. The molecule has 0 aromatic heterocycles. The Balaban J connectivity index is 1.61. The van der Waals surface area contributed by atoms with Crippen molar-refractivity contribution in [3.63, 3.8) is 0 Å². The van der Waals surface area contributed by atoms with Crippen LogP contribution in [0.3, 0.4) is 0 Å². The van der Waals surface area contributed by atoms with Crippen LogP contribution in [0.25, 0.3) is 0 Å². The summed E-state index contributed by atoms with van der Waals surface area (Å²) in [6.07, 6.45) is 13.0. The highest BCUT2D eigenvalue weighted by Crippen LogP contribution is 2.49. The fourth-order valence-electron chi connectivity index (χ4n) is 5.56. The van der Waals surface area contributed by atoms with Gasteiger partial charge in [0.1, 0.15) is 0 Å². The van der Waals surface area contributed by atoms with Gasteiger partial charge in [-0.3, -0.25) is 4.79 Å². The molecule has 3 rings (SSSR count). The summed E-state index contributed by atoms with van der Waals surface area (Å²) in [6, 6.07) is 13.7. The quantitative estimate of drug-likeness (QED) is 0.366. The van der Waals surface area contributed by atoms with Gasteiger partial charge in [0.05, 0.1) is 5.92 Å². The van der Waals surface area contributed by atoms with Crippen LogP contribution in [0.1, 0.15) is 63.4 Å². The maximum absolute atomic E-state index is 11.2. The highest BCUT2D eigenvalue weighted by molar-refractivity contribution is 6.60. The Bertz CT molecular complexity index is 581. The van der Waals surface area contributed by atoms with Crippen molar-refractivity contribution in [2.45, 2.75) is 80.8 Å². The molecule has 3 heteroatoms. The second-order valence-electron chi connectivity index (χ2n) is 8.61. The second-order valence-corrected chi connectivity index (χ2v) is 12.2. The molecule has 26 heavy (non-hydrogen) atoms. The SMILES string of the molecule is C=CCCCC1(c2ccccc2)CCC([SiH]2CCC(C(=O)O)CC2)CC1. The Morgan fingerprint density at radius 1 is 1.15 bits per heavy atom. The van der Waals surface area contributed by atoms with Crippen LogP contribution in [-0.2, 0) is 10.2 Å². The van der Waals surface area contributed by atoms with Crippen LogP contribution in [0.4, 0.5) is 0 Å². The highest BCUT2D eigenvalue weighted by atomic mass is 28.3. The van der Waals surface area contributed by atoms with Gasteiger partial charge in [0.25, 0.3) is 0 Å². The molecule has 1 aliphatic heterocycles. The van der Waals surface area contributed by atoms with Crippen LogP contribution in [0.5, 0.6) is 0 Å². The Hall–Kier alpha value is -1.35. The van der Waals surface area contributed by atoms with Crippen molar-refractivity contribution in [3.8, 4) is 0 Å². The standard InChI is InChI=1S/C23H34O2Si/c1-2-3-7-14-23(20-8-5-4-6-9-20)15-10-21(11-16-23)26-17-12-19(13-18-26)22(24)25/h2,4-6,8-9,19,21,26H,1,3,7,10-18H2,(H,24,25). The van der Waals surface area contributed by atoms with Crippen LogP contribution in [-0.4, -0.2) is 19.9 Å². The molecule has 1 heterocycles. The number of carbonyl (C=O) groups is 1. The van der Waals surface area contributed by atoms with Gasteiger partial charge in [-0.25, -0.2) is 0 Å². The minimum atomic E-state index is -0.752. The van der Waals surface area contributed by atoms with E-state index in [-0.39, 0.29) is 5.92 Å². The van der Waals surface area contributed by atoms with E-state index in [1.807, 2.05) is 0 Å². The summed E-state index contributed by atoms with van der Waals surface area (Å²) < 4.78 is 0. The van der Waals surface area contributed by atoms with E-state index in [1.54, 1.807) is 5.56 Å². The summed E-state index contributed by atoms with van der Waals surface area (Å²) in [6.45, 7) is 3.89. The normalized spacial score (nSPS) is 32.1. The van der Waals surface area contributed by atoms with Crippen LogP contribution >= 0.6 is 0 Å². The number of carboxylic acid groups (broad SMARTS) is 1. The van der Waals surface area contributed by atoms with E-state index >= 15 is 0 Å². The minimum Gasteiger partial charge on any atom is -0.481 e. The topological polar surface area (TPSA) is 37.3 Å². The van der Waals surface area contributed by atoms with E-state index in [4.69, 9.17) is 0 Å². The Morgan fingerprint density at radius 3 is 2.38 bits per heavy atom. The summed E-state index contributed by atoms with van der Waals surface area (Å²) in [5, 5.41) is 9.24. The lowest BCUT2D eigenvalue weighted by Crippen LogP contribution is -2.36. The number of allylic oxidation sites excluding steroid dienone is 1. The van der Waals surface area contributed by atoms with Crippen LogP contribution in [0, 0.1) is 5.92 Å². The number of aliphatic carboxylic acids is 1. The Labute approximate surface area is 160 Å². The van der Waals surface area contributed by atoms with Crippen LogP contribution < -0.4 is 0 Å². The van der Waals surface area contributed by atoms with Crippen molar-refractivity contribution >= 4 is 14.8 Å². The van der Waals surface area contributed by atoms with E-state index < -0.39 is 14.8 Å². The molecular formula is C23H34O2Si. The number of benzene rings is 1. The predicted molar refractivity (Wildman–Crippen MR) is 112 cm³/mol. The molecule has 2 nitrogen and oxygen atoms in total. The number of hydrogen-bond donors (Lipinski definition) is 1. The zero-order valence-corrected chi connectivity index (χ0v) is 17.2. The fourth-order valence-corrected chi connectivity index (χ4v) is 9.73. The molecular weight excluding hydrogens is 336 g/mol. The number of carboxylic acids is 1. The molecule has 142 valence electrons. The lowest BCUT2D eigenvalue weighted by Gasteiger charge is -2.44. The summed E-state index contributed by atoms with van der Waals surface area (Å²) in [5.41, 5.74) is 2.85. The molecule has 0 radical (unpaired) electrons. The molecule has 1 saturated heterocycles. The third kappa shape index (κ3) is 4.48. The van der Waals surface area contributed by atoms with Gasteiger partial charge >= 0.3 is 5.97 Å². The Morgan fingerprint density at radius 2 is 1.81 bits per heavy atom. The molecule has 2 fully saturated rings. The van der Waals surface area contributed by atoms with E-state index in [0.29, 0.717) is 5.41 Å². The minimum absolute atomic E-state index is 0.0512. The molecule has 1 N–H and O–H groups in total. The van der Waals surface area contributed by atoms with Gasteiger partial charge in [-0.05, 0) is 61.5 Å². The maximum Gasteiger partial charge on any atom is 0.306 e. The van der Waals surface area contributed by atoms with E-state index in [0.717, 1.165) is 24.8 Å². The summed E-state index contributed by atoms with van der Waals surface area (Å²) in [5.74, 6) is -0.615. The molecule has 2 aliphatic rings. The van der Waals surface area contributed by atoms with E-state index in [9.17, 15) is 9.90 Å². The van der Waals surface area contributed by atoms with Crippen molar-refractivity contribution in [1.82, 2.24) is 0 Å². The third-order valence-corrected chi connectivity index (χ3v) is 11.4. The summed E-state index contributed by atoms with van der Waals surface area (Å²) in [7, 11) is -0.752. The predicted octanol–water partition coefficient (Wildman–Crippen LogP) is 5.95. The van der Waals surface area contributed by atoms with E-state index in [2.05, 4.69) is 43.0 Å². The second kappa shape index (κ2) is 9.03. The van der Waals surface area contributed by atoms with Crippen molar-refractivity contribution in [2.75, 3.05) is 0 Å². The zero-order valence-electron chi connectivity index (χ0n) is 16.0. The molecule has 1 aromatic carbocycles. The van der Waals surface area contributed by atoms with Crippen LogP contribution in [0.15, 0.2) is 43.0 Å². The first kappa shape index (κ1) is 19.4. The van der Waals surface area contributed by atoms with Crippen molar-refractivity contribution < 1.29 is 9.90 Å². The first-order valence-corrected chi connectivity index (χ1v) is 12.8. The zero-order chi connectivity index (χ0) is 18.4. The van der Waals surface area contributed by atoms with Crippen molar-refractivity contribution in [3.05, 3.63) is 48.6 Å². The lowest BCUT2D eigenvalue weighted by atomic mass is 9.66. The van der Waals surface area contributed by atoms with E-state index in [1.165, 1.54) is 50.6 Å². The third-order valence-electron chi connectivity index (χ3n) is 7.22. The van der Waals surface area contributed by atoms with Gasteiger partial charge in [0.15, 0.2) is 0 Å². The molecule has 1 aromatic rings. The fraction of sp³-hybridized carbons (Fsp3) is 0.609. The largest absolute Gasteiger partial charge is 0.481 e. The molecule has 0 bridgehead atoms. The molecule has 1 aliphatic carbocycles. The van der Waals surface area contributed by atoms with Gasteiger partial charge < -0.3 is 5.11 Å². The monoisotopic (exact) mass is 370 g/mol. The maximum atomic E-state index is 11.2. The van der Waals surface area contributed by atoms with Gasteiger partial charge in [0.2, 0.25) is 0 Å². The average molecular weight is 371 g/mol. The summed E-state index contributed by atoms with van der Waals surface area (Å²) in [4.78, 5) is 11.2. The molecule has 0 atom stereocenters. The van der Waals surface area contributed by atoms with Crippen molar-refractivity contribution in [2.24, 2.45) is 5.92 Å². The van der Waals surface area contributed by atoms with Gasteiger partial charge in [-0.2, -0.15) is 0 Å². The van der Waals surface area contributed by atoms with Crippen LogP contribution in [0.2, 0.25) is 17.6 Å². The number of unbranched alkanes of at least 4 members (excludes halogenated alkanes) is 1. The molecule has 0 unspecified atom stereocenters. The van der Waals surface area contributed by atoms with Gasteiger partial charge in [-0.15, -0.1) is 6.58 Å². The molecule has 1 saturated carbocycles. The molecule has 0 spiro atoms. The van der Waals surface area contributed by atoms with Gasteiger partial charge in [0, 0.05) is 8.80 Å². The molecule has 0 amide bonds. The first-order chi connectivity index (χ1) is 12.6.